The fourth-order valence-electron chi connectivity index (χ4n) is 2.82. The van der Waals surface area contributed by atoms with Crippen molar-refractivity contribution in [2.24, 2.45) is 7.05 Å². The quantitative estimate of drug-likeness (QED) is 0.436. The number of thiophene rings is 1. The van der Waals surface area contributed by atoms with E-state index in [0.717, 1.165) is 23.5 Å². The molecule has 0 spiro atoms. The van der Waals surface area contributed by atoms with E-state index >= 15 is 0 Å². The monoisotopic (exact) mass is 459 g/mol. The number of methoxy groups -OCH3 is 1. The van der Waals surface area contributed by atoms with Crippen LogP contribution in [0.4, 0.5) is 11.4 Å². The van der Waals surface area contributed by atoms with Crippen molar-refractivity contribution in [3.05, 3.63) is 35.7 Å². The molecule has 2 heterocycles. The second kappa shape index (κ2) is 11.0. The summed E-state index contributed by atoms with van der Waals surface area (Å²) in [4.78, 5) is 25.6. The number of nitrogens with zero attached hydrogens (tertiary/aromatic N) is 3. The molecule has 0 aliphatic heterocycles. The molecule has 31 heavy (non-hydrogen) atoms. The standard InChI is InChI=1S/C21H25N5O3S2/c1-4-5-8-18(27)22-14-9-10-16(29-3)15(12-14)23-19(28)13-31-21-25-24-20(26(21)2)17-7-6-11-30-17/h6-7,9-12H,4-5,8,13H2,1-3H3,(H,22,27)(H,23,28). The predicted octanol–water partition coefficient (Wildman–Crippen LogP) is 4.41. The summed E-state index contributed by atoms with van der Waals surface area (Å²) in [5.74, 6) is 1.18. The van der Waals surface area contributed by atoms with Crippen molar-refractivity contribution < 1.29 is 14.3 Å². The highest BCUT2D eigenvalue weighted by molar-refractivity contribution is 7.99. The molecule has 164 valence electrons. The van der Waals surface area contributed by atoms with Gasteiger partial charge in [-0.15, -0.1) is 21.5 Å². The number of unbranched alkanes of at least 4 members (excludes halogenated alkanes) is 1. The predicted molar refractivity (Wildman–Crippen MR) is 125 cm³/mol. The van der Waals surface area contributed by atoms with Gasteiger partial charge in [-0.1, -0.05) is 31.2 Å². The Balaban J connectivity index is 1.62. The molecule has 3 rings (SSSR count). The van der Waals surface area contributed by atoms with Crippen molar-refractivity contribution in [3.8, 4) is 16.5 Å². The fraction of sp³-hybridized carbons (Fsp3) is 0.333. The zero-order valence-corrected chi connectivity index (χ0v) is 19.3. The van der Waals surface area contributed by atoms with Crippen molar-refractivity contribution >= 4 is 46.3 Å². The van der Waals surface area contributed by atoms with Crippen LogP contribution in [0.1, 0.15) is 26.2 Å². The molecule has 0 fully saturated rings. The minimum Gasteiger partial charge on any atom is -0.495 e. The highest BCUT2D eigenvalue weighted by Crippen LogP contribution is 2.29. The van der Waals surface area contributed by atoms with Gasteiger partial charge < -0.3 is 19.9 Å². The van der Waals surface area contributed by atoms with Crippen molar-refractivity contribution in [3.63, 3.8) is 0 Å². The van der Waals surface area contributed by atoms with E-state index in [9.17, 15) is 9.59 Å². The molecule has 1 aromatic carbocycles. The zero-order valence-electron chi connectivity index (χ0n) is 17.7. The van der Waals surface area contributed by atoms with Crippen LogP contribution in [0.25, 0.3) is 10.7 Å². The van der Waals surface area contributed by atoms with Crippen LogP contribution in [-0.2, 0) is 16.6 Å². The summed E-state index contributed by atoms with van der Waals surface area (Å²) < 4.78 is 7.21. The van der Waals surface area contributed by atoms with E-state index in [1.54, 1.807) is 29.5 Å². The first-order valence-corrected chi connectivity index (χ1v) is 11.7. The van der Waals surface area contributed by atoms with Gasteiger partial charge in [0.2, 0.25) is 11.8 Å². The van der Waals surface area contributed by atoms with Crippen molar-refractivity contribution in [2.45, 2.75) is 31.3 Å². The van der Waals surface area contributed by atoms with Crippen LogP contribution in [0.3, 0.4) is 0 Å². The Bertz CT molecular complexity index is 1030. The molecule has 0 saturated carbocycles. The molecule has 2 N–H and O–H groups in total. The maximum Gasteiger partial charge on any atom is 0.234 e. The smallest absolute Gasteiger partial charge is 0.234 e. The third-order valence-electron chi connectivity index (χ3n) is 4.42. The Morgan fingerprint density at radius 2 is 2.03 bits per heavy atom. The van der Waals surface area contributed by atoms with Crippen molar-refractivity contribution in [1.82, 2.24) is 14.8 Å². The number of hydrogen-bond acceptors (Lipinski definition) is 7. The number of hydrogen-bond donors (Lipinski definition) is 2. The molecule has 0 saturated heterocycles. The lowest BCUT2D eigenvalue weighted by molar-refractivity contribution is -0.116. The lowest BCUT2D eigenvalue weighted by Gasteiger charge is -2.13. The van der Waals surface area contributed by atoms with E-state index in [1.165, 1.54) is 18.9 Å². The molecule has 0 unspecified atom stereocenters. The van der Waals surface area contributed by atoms with E-state index in [2.05, 4.69) is 20.8 Å². The summed E-state index contributed by atoms with van der Waals surface area (Å²) in [6, 6.07) is 9.11. The maximum atomic E-state index is 12.5. The van der Waals surface area contributed by atoms with Crippen molar-refractivity contribution in [1.29, 1.82) is 0 Å². The number of amides is 2. The fourth-order valence-corrected chi connectivity index (χ4v) is 4.28. The van der Waals surface area contributed by atoms with Crippen LogP contribution in [0.5, 0.6) is 5.75 Å². The molecule has 0 aliphatic rings. The zero-order chi connectivity index (χ0) is 22.2. The Morgan fingerprint density at radius 3 is 2.74 bits per heavy atom. The minimum atomic E-state index is -0.210. The minimum absolute atomic E-state index is 0.0522. The number of carbonyl (C=O) groups excluding carboxylic acids is 2. The summed E-state index contributed by atoms with van der Waals surface area (Å²) in [5, 5.41) is 16.7. The Morgan fingerprint density at radius 1 is 1.19 bits per heavy atom. The number of nitrogens with one attached hydrogen (secondary N) is 2. The van der Waals surface area contributed by atoms with Gasteiger partial charge in [0.05, 0.1) is 23.4 Å². The van der Waals surface area contributed by atoms with Crippen LogP contribution in [-0.4, -0.2) is 39.4 Å². The molecule has 0 aliphatic carbocycles. The third-order valence-corrected chi connectivity index (χ3v) is 6.31. The lowest BCUT2D eigenvalue weighted by Crippen LogP contribution is -2.16. The number of ether oxygens (including phenoxy) is 1. The first-order chi connectivity index (χ1) is 15.0. The lowest BCUT2D eigenvalue weighted by atomic mass is 10.2. The number of benzene rings is 1. The largest absolute Gasteiger partial charge is 0.495 e. The van der Waals surface area contributed by atoms with Crippen LogP contribution < -0.4 is 15.4 Å². The second-order valence-electron chi connectivity index (χ2n) is 6.75. The van der Waals surface area contributed by atoms with E-state index in [4.69, 9.17) is 4.74 Å². The molecule has 0 atom stereocenters. The SMILES string of the molecule is CCCCC(=O)Nc1ccc(OC)c(NC(=O)CSc2nnc(-c3cccs3)n2C)c1. The number of rotatable bonds is 10. The Labute approximate surface area is 189 Å². The first-order valence-electron chi connectivity index (χ1n) is 9.85. The molecule has 2 aromatic heterocycles. The average Bonchev–Trinajstić information content (AvgIpc) is 3.40. The van der Waals surface area contributed by atoms with Gasteiger partial charge in [-0.3, -0.25) is 9.59 Å². The molecular weight excluding hydrogens is 434 g/mol. The molecule has 3 aromatic rings. The molecule has 8 nitrogen and oxygen atoms in total. The van der Waals surface area contributed by atoms with E-state index < -0.39 is 0 Å². The van der Waals surface area contributed by atoms with Crippen LogP contribution >= 0.6 is 23.1 Å². The second-order valence-corrected chi connectivity index (χ2v) is 8.64. The number of anilines is 2. The normalized spacial score (nSPS) is 10.7. The summed E-state index contributed by atoms with van der Waals surface area (Å²) in [5.41, 5.74) is 1.11. The number of thioether (sulfide) groups is 1. The van der Waals surface area contributed by atoms with Gasteiger partial charge >= 0.3 is 0 Å². The van der Waals surface area contributed by atoms with Crippen LogP contribution in [0, 0.1) is 0 Å². The van der Waals surface area contributed by atoms with Gasteiger partial charge in [-0.2, -0.15) is 0 Å². The van der Waals surface area contributed by atoms with Gasteiger partial charge in [0.25, 0.3) is 0 Å². The van der Waals surface area contributed by atoms with Gasteiger partial charge in [-0.25, -0.2) is 0 Å². The maximum absolute atomic E-state index is 12.5. The number of aromatic nitrogens is 3. The summed E-state index contributed by atoms with van der Waals surface area (Å²) >= 11 is 2.89. The van der Waals surface area contributed by atoms with Gasteiger partial charge in [-0.05, 0) is 36.1 Å². The topological polar surface area (TPSA) is 98.1 Å². The molecule has 2 amide bonds. The third kappa shape index (κ3) is 6.08. The van der Waals surface area contributed by atoms with Crippen molar-refractivity contribution in [2.75, 3.05) is 23.5 Å². The Kier molecular flexibility index (Phi) is 8.07. The number of carbonyl (C=O) groups is 2. The molecule has 10 heteroatoms. The van der Waals surface area contributed by atoms with Crippen LogP contribution in [0.2, 0.25) is 0 Å². The van der Waals surface area contributed by atoms with E-state index in [1.807, 2.05) is 36.1 Å². The molecule has 0 bridgehead atoms. The van der Waals surface area contributed by atoms with Gasteiger partial charge in [0.15, 0.2) is 11.0 Å². The summed E-state index contributed by atoms with van der Waals surface area (Å²) in [7, 11) is 3.41. The summed E-state index contributed by atoms with van der Waals surface area (Å²) in [6.07, 6.45) is 2.25. The first kappa shape index (κ1) is 22.8. The summed E-state index contributed by atoms with van der Waals surface area (Å²) in [6.45, 7) is 2.04. The highest BCUT2D eigenvalue weighted by Gasteiger charge is 2.15. The van der Waals surface area contributed by atoms with Gasteiger partial charge in [0, 0.05) is 19.2 Å². The van der Waals surface area contributed by atoms with E-state index in [0.29, 0.717) is 28.7 Å². The van der Waals surface area contributed by atoms with E-state index in [-0.39, 0.29) is 17.6 Å². The molecular formula is C21H25N5O3S2. The molecule has 0 radical (unpaired) electrons. The van der Waals surface area contributed by atoms with Crippen LogP contribution in [0.15, 0.2) is 40.9 Å². The highest BCUT2D eigenvalue weighted by atomic mass is 32.2. The van der Waals surface area contributed by atoms with Gasteiger partial charge in [0.1, 0.15) is 5.75 Å². The average molecular weight is 460 g/mol. The Hall–Kier alpha value is -2.85.